The van der Waals surface area contributed by atoms with E-state index in [0.717, 1.165) is 47.3 Å². The Hall–Kier alpha value is -3.19. The highest BCUT2D eigenvalue weighted by Gasteiger charge is 2.25. The maximum Gasteiger partial charge on any atom is 0.330 e. The Morgan fingerprint density at radius 3 is 2.39 bits per heavy atom. The predicted molar refractivity (Wildman–Crippen MR) is 131 cm³/mol. The van der Waals surface area contributed by atoms with Gasteiger partial charge in [-0.3, -0.25) is 9.13 Å². The summed E-state index contributed by atoms with van der Waals surface area (Å²) < 4.78 is 5.18. The van der Waals surface area contributed by atoms with E-state index in [1.165, 1.54) is 0 Å². The van der Waals surface area contributed by atoms with Gasteiger partial charge in [0, 0.05) is 11.1 Å². The van der Waals surface area contributed by atoms with Crippen LogP contribution >= 0.6 is 11.6 Å². The molecule has 0 aliphatic carbocycles. The van der Waals surface area contributed by atoms with Gasteiger partial charge in [0.1, 0.15) is 11.5 Å². The summed E-state index contributed by atoms with van der Waals surface area (Å²) in [5.41, 5.74) is 4.49. The van der Waals surface area contributed by atoms with E-state index in [1.807, 2.05) is 49.6 Å². The van der Waals surface area contributed by atoms with E-state index in [0.29, 0.717) is 11.7 Å². The summed E-state index contributed by atoms with van der Waals surface area (Å²) in [5, 5.41) is 12.1. The molecule has 0 aliphatic rings. The maximum atomic E-state index is 13.3. The van der Waals surface area contributed by atoms with Crippen LogP contribution in [-0.4, -0.2) is 29.3 Å². The van der Waals surface area contributed by atoms with Crippen LogP contribution < -0.4 is 5.69 Å². The van der Waals surface area contributed by atoms with E-state index in [-0.39, 0.29) is 11.2 Å². The van der Waals surface area contributed by atoms with E-state index in [4.69, 9.17) is 11.6 Å². The lowest BCUT2D eigenvalue weighted by Gasteiger charge is -2.20. The summed E-state index contributed by atoms with van der Waals surface area (Å²) in [6.07, 6.45) is 4.40. The molecule has 8 heteroatoms. The van der Waals surface area contributed by atoms with E-state index >= 15 is 0 Å². The number of para-hydroxylation sites is 1. The number of aromatic nitrogens is 6. The SMILES string of the molecule is CCCCc1c(Cl)n(C(C)(C)C)c(=O)n1Cc1ccc(-c2ccccc2-n2cnnn2)cc1. The highest BCUT2D eigenvalue weighted by atomic mass is 35.5. The second kappa shape index (κ2) is 9.35. The topological polar surface area (TPSA) is 70.5 Å². The van der Waals surface area contributed by atoms with E-state index in [2.05, 4.69) is 46.7 Å². The molecule has 0 bridgehead atoms. The zero-order valence-electron chi connectivity index (χ0n) is 19.5. The van der Waals surface area contributed by atoms with Crippen LogP contribution in [-0.2, 0) is 18.5 Å². The lowest BCUT2D eigenvalue weighted by atomic mass is 10.0. The molecule has 0 N–H and O–H groups in total. The highest BCUT2D eigenvalue weighted by Crippen LogP contribution is 2.28. The minimum absolute atomic E-state index is 0.0632. The predicted octanol–water partition coefficient (Wildman–Crippen LogP) is 5.09. The molecule has 33 heavy (non-hydrogen) atoms. The second-order valence-electron chi connectivity index (χ2n) is 9.18. The molecule has 2 aromatic heterocycles. The fourth-order valence-electron chi connectivity index (χ4n) is 4.05. The fourth-order valence-corrected chi connectivity index (χ4v) is 4.57. The summed E-state index contributed by atoms with van der Waals surface area (Å²) in [4.78, 5) is 13.3. The molecule has 0 spiro atoms. The zero-order valence-corrected chi connectivity index (χ0v) is 20.3. The monoisotopic (exact) mass is 464 g/mol. The first-order chi connectivity index (χ1) is 15.8. The molecule has 0 saturated carbocycles. The quantitative estimate of drug-likeness (QED) is 0.382. The normalized spacial score (nSPS) is 11.8. The average molecular weight is 465 g/mol. The smallest absolute Gasteiger partial charge is 0.290 e. The van der Waals surface area contributed by atoms with Crippen molar-refractivity contribution in [2.24, 2.45) is 0 Å². The molecule has 0 aliphatic heterocycles. The van der Waals surface area contributed by atoms with Crippen molar-refractivity contribution in [3.8, 4) is 16.8 Å². The lowest BCUT2D eigenvalue weighted by molar-refractivity contribution is 0.380. The van der Waals surface area contributed by atoms with Gasteiger partial charge in [-0.05, 0) is 61.2 Å². The number of hydrogen-bond donors (Lipinski definition) is 0. The van der Waals surface area contributed by atoms with Crippen molar-refractivity contribution in [1.82, 2.24) is 29.3 Å². The first-order valence-corrected chi connectivity index (χ1v) is 11.6. The third-order valence-electron chi connectivity index (χ3n) is 5.73. The molecular formula is C25H29ClN6O. The summed E-state index contributed by atoms with van der Waals surface area (Å²) in [7, 11) is 0. The van der Waals surface area contributed by atoms with Gasteiger partial charge >= 0.3 is 5.69 Å². The van der Waals surface area contributed by atoms with Crippen LogP contribution in [0.5, 0.6) is 0 Å². The number of imidazole rings is 1. The number of nitrogens with zero attached hydrogens (tertiary/aromatic N) is 6. The average Bonchev–Trinajstić information content (AvgIpc) is 3.40. The molecule has 2 heterocycles. The van der Waals surface area contributed by atoms with Crippen molar-refractivity contribution in [3.63, 3.8) is 0 Å². The third kappa shape index (κ3) is 4.64. The highest BCUT2D eigenvalue weighted by molar-refractivity contribution is 6.30. The van der Waals surface area contributed by atoms with Crippen LogP contribution in [0.15, 0.2) is 59.7 Å². The van der Waals surface area contributed by atoms with Gasteiger partial charge in [0.05, 0.1) is 17.9 Å². The minimum atomic E-state index is -0.385. The molecule has 4 aromatic rings. The van der Waals surface area contributed by atoms with Gasteiger partial charge in [-0.15, -0.1) is 5.10 Å². The van der Waals surface area contributed by atoms with Crippen molar-refractivity contribution in [3.05, 3.63) is 81.8 Å². The molecule has 0 radical (unpaired) electrons. The number of halogens is 1. The molecule has 172 valence electrons. The molecule has 7 nitrogen and oxygen atoms in total. The van der Waals surface area contributed by atoms with Gasteiger partial charge in [-0.1, -0.05) is 67.4 Å². The fraction of sp³-hybridized carbons (Fsp3) is 0.360. The maximum absolute atomic E-state index is 13.3. The number of hydrogen-bond acceptors (Lipinski definition) is 4. The van der Waals surface area contributed by atoms with Gasteiger partial charge < -0.3 is 0 Å². The second-order valence-corrected chi connectivity index (χ2v) is 9.54. The van der Waals surface area contributed by atoms with Crippen LogP contribution in [0.1, 0.15) is 51.8 Å². The Labute approximate surface area is 198 Å². The third-order valence-corrected chi connectivity index (χ3v) is 6.11. The number of unbranched alkanes of at least 4 members (excludes halogenated alkanes) is 1. The van der Waals surface area contributed by atoms with Crippen molar-refractivity contribution in [1.29, 1.82) is 0 Å². The molecule has 0 atom stereocenters. The Morgan fingerprint density at radius 2 is 1.76 bits per heavy atom. The van der Waals surface area contributed by atoms with Gasteiger partial charge in [0.15, 0.2) is 0 Å². The summed E-state index contributed by atoms with van der Waals surface area (Å²) >= 11 is 6.72. The van der Waals surface area contributed by atoms with E-state index in [9.17, 15) is 4.79 Å². The van der Waals surface area contributed by atoms with Crippen LogP contribution in [0.2, 0.25) is 5.15 Å². The van der Waals surface area contributed by atoms with Crippen LogP contribution in [0.4, 0.5) is 0 Å². The van der Waals surface area contributed by atoms with E-state index < -0.39 is 0 Å². The van der Waals surface area contributed by atoms with E-state index in [1.54, 1.807) is 15.6 Å². The molecule has 0 amide bonds. The molecular weight excluding hydrogens is 436 g/mol. The largest absolute Gasteiger partial charge is 0.330 e. The minimum Gasteiger partial charge on any atom is -0.290 e. The molecule has 0 saturated heterocycles. The summed E-state index contributed by atoms with van der Waals surface area (Å²) in [6.45, 7) is 8.64. The van der Waals surface area contributed by atoms with Crippen molar-refractivity contribution in [2.75, 3.05) is 0 Å². The number of rotatable bonds is 7. The summed E-state index contributed by atoms with van der Waals surface area (Å²) in [6, 6.07) is 16.2. The van der Waals surface area contributed by atoms with Crippen molar-refractivity contribution >= 4 is 11.6 Å². The molecule has 4 rings (SSSR count). The van der Waals surface area contributed by atoms with Crippen LogP contribution in [0.3, 0.4) is 0 Å². The van der Waals surface area contributed by atoms with Crippen LogP contribution in [0, 0.1) is 0 Å². The van der Waals surface area contributed by atoms with Gasteiger partial charge in [0.25, 0.3) is 0 Å². The zero-order chi connectivity index (χ0) is 23.6. The number of tetrazole rings is 1. The Kier molecular flexibility index (Phi) is 6.51. The Balaban J connectivity index is 1.68. The Bertz CT molecular complexity index is 1280. The molecule has 0 fully saturated rings. The Morgan fingerprint density at radius 1 is 1.03 bits per heavy atom. The molecule has 0 unspecified atom stereocenters. The van der Waals surface area contributed by atoms with Crippen molar-refractivity contribution in [2.45, 2.75) is 59.0 Å². The van der Waals surface area contributed by atoms with Crippen LogP contribution in [0.25, 0.3) is 16.8 Å². The summed E-state index contributed by atoms with van der Waals surface area (Å²) in [5.74, 6) is 0. The lowest BCUT2D eigenvalue weighted by Crippen LogP contribution is -2.35. The standard InChI is InChI=1S/C25H29ClN6O/c1-5-6-10-22-23(26)32(25(2,3)4)24(33)30(22)16-18-12-14-19(15-13-18)20-9-7-8-11-21(20)31-17-27-28-29-31/h7-9,11-15,17H,5-6,10,16H2,1-4H3. The molecule has 2 aromatic carbocycles. The first-order valence-electron chi connectivity index (χ1n) is 11.2. The number of benzene rings is 2. The van der Waals surface area contributed by atoms with Gasteiger partial charge in [-0.25, -0.2) is 4.79 Å². The van der Waals surface area contributed by atoms with Gasteiger partial charge in [-0.2, -0.15) is 4.68 Å². The van der Waals surface area contributed by atoms with Crippen molar-refractivity contribution < 1.29 is 0 Å². The van der Waals surface area contributed by atoms with Gasteiger partial charge in [0.2, 0.25) is 0 Å². The first kappa shape index (κ1) is 23.0.